The lowest BCUT2D eigenvalue weighted by molar-refractivity contribution is -0.145. The molecule has 2 aromatic rings. The molecular weight excluding hydrogens is 374 g/mol. The van der Waals surface area contributed by atoms with E-state index in [0.29, 0.717) is 10.6 Å². The van der Waals surface area contributed by atoms with Gasteiger partial charge in [-0.2, -0.15) is 0 Å². The summed E-state index contributed by atoms with van der Waals surface area (Å²) >= 11 is 6.04. The largest absolute Gasteiger partial charge is 0.465 e. The van der Waals surface area contributed by atoms with Crippen LogP contribution in [0.5, 0.6) is 0 Å². The van der Waals surface area contributed by atoms with Crippen molar-refractivity contribution in [3.63, 3.8) is 0 Å². The zero-order valence-corrected chi connectivity index (χ0v) is 16.0. The topological polar surface area (TPSA) is 86.5 Å². The van der Waals surface area contributed by atoms with Crippen molar-refractivity contribution in [1.82, 2.24) is 0 Å². The fourth-order valence-electron chi connectivity index (χ4n) is 3.33. The molecule has 0 amide bonds. The van der Waals surface area contributed by atoms with Crippen molar-refractivity contribution < 1.29 is 17.9 Å². The van der Waals surface area contributed by atoms with Crippen LogP contribution in [-0.2, 0) is 19.4 Å². The molecule has 7 heteroatoms. The molecule has 0 heterocycles. The molecule has 0 saturated heterocycles. The smallest absolute Gasteiger partial charge is 0.328 e. The summed E-state index contributed by atoms with van der Waals surface area (Å²) < 4.78 is 31.4. The van der Waals surface area contributed by atoms with Crippen LogP contribution < -0.4 is 5.73 Å². The summed E-state index contributed by atoms with van der Waals surface area (Å²) in [6.07, 6.45) is 0. The van der Waals surface area contributed by atoms with Gasteiger partial charge in [0.05, 0.1) is 11.5 Å². The summed E-state index contributed by atoms with van der Waals surface area (Å²) in [6.45, 7) is 3.65. The van der Waals surface area contributed by atoms with Crippen molar-refractivity contribution in [2.75, 3.05) is 6.61 Å². The molecule has 5 nitrogen and oxygen atoms in total. The van der Waals surface area contributed by atoms with Crippen LogP contribution in [-0.4, -0.2) is 31.8 Å². The molecule has 0 spiro atoms. The first kappa shape index (κ1) is 18.9. The zero-order chi connectivity index (χ0) is 19.1. The Morgan fingerprint density at radius 3 is 2.46 bits per heavy atom. The molecule has 3 atom stereocenters. The van der Waals surface area contributed by atoms with Gasteiger partial charge in [0.2, 0.25) is 0 Å². The molecule has 0 aromatic heterocycles. The van der Waals surface area contributed by atoms with Gasteiger partial charge in [0, 0.05) is 10.9 Å². The van der Waals surface area contributed by atoms with E-state index >= 15 is 0 Å². The van der Waals surface area contributed by atoms with Gasteiger partial charge in [0.15, 0.2) is 9.84 Å². The Hall–Kier alpha value is -1.89. The van der Waals surface area contributed by atoms with Crippen molar-refractivity contribution in [3.05, 3.63) is 64.7 Å². The highest BCUT2D eigenvalue weighted by Crippen LogP contribution is 2.56. The summed E-state index contributed by atoms with van der Waals surface area (Å²) in [7, 11) is -3.83. The maximum absolute atomic E-state index is 13.2. The fourth-order valence-corrected chi connectivity index (χ4v) is 5.76. The number of ether oxygens (including phenoxy) is 1. The van der Waals surface area contributed by atoms with Gasteiger partial charge < -0.3 is 10.5 Å². The van der Waals surface area contributed by atoms with E-state index in [1.807, 2.05) is 6.92 Å². The first-order chi connectivity index (χ1) is 12.2. The summed E-state index contributed by atoms with van der Waals surface area (Å²) in [6, 6.07) is 13.2. The van der Waals surface area contributed by atoms with Crippen LogP contribution >= 0.6 is 11.6 Å². The number of halogens is 1. The van der Waals surface area contributed by atoms with Crippen LogP contribution in [0.2, 0.25) is 5.02 Å². The molecule has 0 aliphatic heterocycles. The minimum absolute atomic E-state index is 0.122. The van der Waals surface area contributed by atoms with Crippen molar-refractivity contribution in [2.45, 2.75) is 35.4 Å². The minimum Gasteiger partial charge on any atom is -0.465 e. The summed E-state index contributed by atoms with van der Waals surface area (Å²) in [4.78, 5) is 12.6. The van der Waals surface area contributed by atoms with Crippen molar-refractivity contribution >= 4 is 27.4 Å². The van der Waals surface area contributed by atoms with Crippen LogP contribution in [0.15, 0.2) is 53.4 Å². The number of nitrogens with two attached hydrogens (primary N) is 1. The molecule has 0 bridgehead atoms. The van der Waals surface area contributed by atoms with E-state index in [9.17, 15) is 13.2 Å². The van der Waals surface area contributed by atoms with Crippen molar-refractivity contribution in [2.24, 2.45) is 5.73 Å². The first-order valence-electron chi connectivity index (χ1n) is 8.25. The number of carbonyl (C=O) groups is 1. The summed E-state index contributed by atoms with van der Waals surface area (Å²) in [5.74, 6) is -1.43. The summed E-state index contributed by atoms with van der Waals surface area (Å²) in [5.41, 5.74) is 6.21. The number of esters is 1. The van der Waals surface area contributed by atoms with Crippen LogP contribution in [0.3, 0.4) is 0 Å². The SMILES string of the molecule is CCOC(=O)[C@@]1(N)[C@H](c2cccc(Cl)c2)[C@@H]1S(=O)(=O)c1ccc(C)cc1. The number of hydrogen-bond donors (Lipinski definition) is 1. The van der Waals surface area contributed by atoms with Gasteiger partial charge in [-0.05, 0) is 43.7 Å². The van der Waals surface area contributed by atoms with E-state index in [1.165, 1.54) is 12.1 Å². The third-order valence-corrected chi connectivity index (χ3v) is 7.19. The Kier molecular flexibility index (Phi) is 4.86. The second-order valence-corrected chi connectivity index (χ2v) is 8.97. The Bertz CT molecular complexity index is 942. The third-order valence-electron chi connectivity index (χ3n) is 4.70. The van der Waals surface area contributed by atoms with Crippen LogP contribution in [0.25, 0.3) is 0 Å². The fraction of sp³-hybridized carbons (Fsp3) is 0.316. The Balaban J connectivity index is 2.07. The molecule has 2 aromatic carbocycles. The van der Waals surface area contributed by atoms with E-state index in [1.54, 1.807) is 43.3 Å². The predicted molar refractivity (Wildman–Crippen MR) is 99.9 cm³/mol. The highest BCUT2D eigenvalue weighted by Gasteiger charge is 2.74. The molecule has 1 aliphatic rings. The Labute approximate surface area is 158 Å². The highest BCUT2D eigenvalue weighted by molar-refractivity contribution is 7.92. The third kappa shape index (κ3) is 3.02. The molecule has 3 rings (SSSR count). The van der Waals surface area contributed by atoms with E-state index in [0.717, 1.165) is 5.56 Å². The van der Waals surface area contributed by atoms with Gasteiger partial charge in [-0.1, -0.05) is 41.4 Å². The average molecular weight is 394 g/mol. The molecule has 1 fully saturated rings. The maximum Gasteiger partial charge on any atom is 0.328 e. The van der Waals surface area contributed by atoms with Gasteiger partial charge in [0.1, 0.15) is 10.8 Å². The number of hydrogen-bond acceptors (Lipinski definition) is 5. The second kappa shape index (κ2) is 6.68. The highest BCUT2D eigenvalue weighted by atomic mass is 35.5. The average Bonchev–Trinajstić information content (AvgIpc) is 3.24. The lowest BCUT2D eigenvalue weighted by Gasteiger charge is -2.11. The molecule has 26 heavy (non-hydrogen) atoms. The van der Waals surface area contributed by atoms with E-state index < -0.39 is 32.5 Å². The lowest BCUT2D eigenvalue weighted by atomic mass is 10.1. The molecule has 1 aliphatic carbocycles. The molecule has 138 valence electrons. The molecular formula is C19H20ClNO4S. The van der Waals surface area contributed by atoms with Gasteiger partial charge in [0.25, 0.3) is 0 Å². The number of benzene rings is 2. The quantitative estimate of drug-likeness (QED) is 0.789. The molecule has 0 radical (unpaired) electrons. The van der Waals surface area contributed by atoms with Crippen LogP contribution in [0, 0.1) is 6.92 Å². The normalized spacial score (nSPS) is 24.9. The predicted octanol–water partition coefficient (Wildman–Crippen LogP) is 2.85. The second-order valence-electron chi connectivity index (χ2n) is 6.46. The van der Waals surface area contributed by atoms with Gasteiger partial charge >= 0.3 is 5.97 Å². The number of rotatable bonds is 5. The van der Waals surface area contributed by atoms with Gasteiger partial charge in [-0.25, -0.2) is 13.2 Å². The molecule has 1 saturated carbocycles. The lowest BCUT2D eigenvalue weighted by Crippen LogP contribution is -2.41. The van der Waals surface area contributed by atoms with Gasteiger partial charge in [-0.15, -0.1) is 0 Å². The number of aryl methyl sites for hydroxylation is 1. The van der Waals surface area contributed by atoms with E-state index in [-0.39, 0.29) is 11.5 Å². The zero-order valence-electron chi connectivity index (χ0n) is 14.5. The Morgan fingerprint density at radius 2 is 1.88 bits per heavy atom. The molecule has 2 N–H and O–H groups in total. The Morgan fingerprint density at radius 1 is 1.23 bits per heavy atom. The molecule has 0 unspecified atom stereocenters. The summed E-state index contributed by atoms with van der Waals surface area (Å²) in [5, 5.41) is -0.651. The van der Waals surface area contributed by atoms with E-state index in [4.69, 9.17) is 22.1 Å². The van der Waals surface area contributed by atoms with Crippen molar-refractivity contribution in [1.29, 1.82) is 0 Å². The monoisotopic (exact) mass is 393 g/mol. The van der Waals surface area contributed by atoms with Crippen LogP contribution in [0.4, 0.5) is 0 Å². The standard InChI is InChI=1S/C19H20ClNO4S/c1-3-25-18(22)19(21)16(13-5-4-6-14(20)11-13)17(19)26(23,24)15-9-7-12(2)8-10-15/h4-11,16-17H,3,21H2,1-2H3/t16-,17+,19-/m1/s1. The first-order valence-corrected chi connectivity index (χ1v) is 10.2. The minimum atomic E-state index is -3.83. The number of sulfone groups is 1. The maximum atomic E-state index is 13.2. The van der Waals surface area contributed by atoms with E-state index in [2.05, 4.69) is 0 Å². The van der Waals surface area contributed by atoms with Crippen molar-refractivity contribution in [3.8, 4) is 0 Å². The van der Waals surface area contributed by atoms with Gasteiger partial charge in [-0.3, -0.25) is 0 Å². The number of carbonyl (C=O) groups excluding carboxylic acids is 1. The van der Waals surface area contributed by atoms with Crippen LogP contribution in [0.1, 0.15) is 24.0 Å².